The molecule has 0 radical (unpaired) electrons. The molecule has 1 aliphatic carbocycles. The maximum atomic E-state index is 14.8. The maximum Gasteiger partial charge on any atom is 0.416 e. The number of fused-ring (bicyclic) bond motifs is 1. The van der Waals surface area contributed by atoms with Crippen molar-refractivity contribution in [1.29, 1.82) is 0 Å². The maximum absolute atomic E-state index is 14.8. The predicted octanol–water partition coefficient (Wildman–Crippen LogP) is 4.47. The van der Waals surface area contributed by atoms with E-state index in [1.165, 1.54) is 0 Å². The van der Waals surface area contributed by atoms with Gasteiger partial charge in [0, 0.05) is 35.0 Å². The summed E-state index contributed by atoms with van der Waals surface area (Å²) < 4.78 is 59.1. The van der Waals surface area contributed by atoms with Crippen molar-refractivity contribution in [3.63, 3.8) is 0 Å². The van der Waals surface area contributed by atoms with Crippen molar-refractivity contribution in [3.05, 3.63) is 64.7 Å². The lowest BCUT2D eigenvalue weighted by atomic mass is 9.90. The second-order valence-electron chi connectivity index (χ2n) is 10.2. The number of aromatic nitrogens is 1. The first kappa shape index (κ1) is 24.7. The average Bonchev–Trinajstić information content (AvgIpc) is 3.45. The van der Waals surface area contributed by atoms with Gasteiger partial charge in [0.05, 0.1) is 24.8 Å². The minimum atomic E-state index is -4.67. The number of amides is 2. The molecule has 0 bridgehead atoms. The summed E-state index contributed by atoms with van der Waals surface area (Å²) in [4.78, 5) is 32.8. The number of carbonyl (C=O) groups excluding carboxylic acids is 2. The van der Waals surface area contributed by atoms with E-state index in [1.54, 1.807) is 23.2 Å². The lowest BCUT2D eigenvalue weighted by molar-refractivity contribution is -0.138. The highest BCUT2D eigenvalue weighted by atomic mass is 19.4. The van der Waals surface area contributed by atoms with Crippen molar-refractivity contribution in [2.45, 2.75) is 56.9 Å². The van der Waals surface area contributed by atoms with Crippen molar-refractivity contribution >= 4 is 11.8 Å². The molecule has 10 heteroatoms. The largest absolute Gasteiger partial charge is 0.416 e. The first-order valence-electron chi connectivity index (χ1n) is 12.1. The summed E-state index contributed by atoms with van der Waals surface area (Å²) in [6.45, 7) is 4.45. The number of benzene rings is 1. The first-order valence-corrected chi connectivity index (χ1v) is 12.1. The molecule has 3 fully saturated rings. The monoisotopic (exact) mass is 505 g/mol. The number of nitrogens with one attached hydrogen (secondary N) is 1. The van der Waals surface area contributed by atoms with Crippen LogP contribution >= 0.6 is 0 Å². The van der Waals surface area contributed by atoms with Gasteiger partial charge in [-0.05, 0) is 48.9 Å². The second-order valence-corrected chi connectivity index (χ2v) is 10.2. The van der Waals surface area contributed by atoms with Crippen LogP contribution < -0.4 is 5.32 Å². The van der Waals surface area contributed by atoms with Gasteiger partial charge < -0.3 is 15.0 Å². The lowest BCUT2D eigenvalue weighted by Crippen LogP contribution is -2.51. The Kier molecular flexibility index (Phi) is 6.26. The van der Waals surface area contributed by atoms with Crippen LogP contribution in [0.1, 0.15) is 65.8 Å². The summed E-state index contributed by atoms with van der Waals surface area (Å²) in [5, 5.41) is 2.84. The van der Waals surface area contributed by atoms with Gasteiger partial charge >= 0.3 is 6.18 Å². The molecule has 0 spiro atoms. The van der Waals surface area contributed by atoms with Gasteiger partial charge in [0.1, 0.15) is 11.9 Å². The Morgan fingerprint density at radius 3 is 2.50 bits per heavy atom. The van der Waals surface area contributed by atoms with E-state index in [-0.39, 0.29) is 48.5 Å². The van der Waals surface area contributed by atoms with Gasteiger partial charge in [0.2, 0.25) is 5.91 Å². The summed E-state index contributed by atoms with van der Waals surface area (Å²) >= 11 is 0. The average molecular weight is 506 g/mol. The molecule has 1 aromatic heterocycles. The van der Waals surface area contributed by atoms with Crippen molar-refractivity contribution in [3.8, 4) is 0 Å². The number of piperidine rings is 1. The Balaban J connectivity index is 1.38. The zero-order valence-corrected chi connectivity index (χ0v) is 19.9. The Bertz CT molecular complexity index is 1180. The number of nitrogens with zero attached hydrogens (tertiary/aromatic N) is 2. The zero-order valence-electron chi connectivity index (χ0n) is 19.9. The fourth-order valence-corrected chi connectivity index (χ4v) is 5.13. The van der Waals surface area contributed by atoms with Crippen LogP contribution in [-0.2, 0) is 15.7 Å². The minimum Gasteiger partial charge on any atom is -0.381 e. The zero-order chi connectivity index (χ0) is 25.8. The van der Waals surface area contributed by atoms with Gasteiger partial charge in [-0.3, -0.25) is 14.6 Å². The van der Waals surface area contributed by atoms with Crippen LogP contribution in [0, 0.1) is 17.7 Å². The number of ether oxygens (including phenoxy) is 1. The number of likely N-dealkylation sites (tertiary alicyclic amines) is 1. The van der Waals surface area contributed by atoms with Crippen LogP contribution in [0.15, 0.2) is 36.5 Å². The van der Waals surface area contributed by atoms with Crippen LogP contribution in [0.5, 0.6) is 0 Å². The van der Waals surface area contributed by atoms with E-state index < -0.39 is 35.5 Å². The van der Waals surface area contributed by atoms with E-state index >= 15 is 0 Å². The topological polar surface area (TPSA) is 71.5 Å². The normalized spacial score (nSPS) is 24.3. The number of hydrogen-bond donors (Lipinski definition) is 1. The quantitative estimate of drug-likeness (QED) is 0.589. The minimum absolute atomic E-state index is 0.0265. The highest BCUT2D eigenvalue weighted by molar-refractivity contribution is 5.98. The molecule has 2 saturated heterocycles. The molecule has 36 heavy (non-hydrogen) atoms. The fourth-order valence-electron chi connectivity index (χ4n) is 5.13. The van der Waals surface area contributed by atoms with Gasteiger partial charge in [-0.15, -0.1) is 0 Å². The molecule has 3 aliphatic rings. The van der Waals surface area contributed by atoms with Gasteiger partial charge in [0.15, 0.2) is 0 Å². The van der Waals surface area contributed by atoms with Crippen molar-refractivity contribution < 1.29 is 31.9 Å². The molecular formula is C26H27F4N3O3. The first-order chi connectivity index (χ1) is 17.0. The summed E-state index contributed by atoms with van der Waals surface area (Å²) in [5.74, 6) is -1.66. The lowest BCUT2D eigenvalue weighted by Gasteiger charge is -2.36. The number of rotatable bonds is 6. The smallest absolute Gasteiger partial charge is 0.381 e. The van der Waals surface area contributed by atoms with E-state index in [9.17, 15) is 27.2 Å². The van der Waals surface area contributed by atoms with Crippen molar-refractivity contribution in [2.75, 3.05) is 13.2 Å². The van der Waals surface area contributed by atoms with Crippen LogP contribution in [0.2, 0.25) is 0 Å². The van der Waals surface area contributed by atoms with Crippen molar-refractivity contribution in [2.24, 2.45) is 11.8 Å². The number of alkyl halides is 3. The molecule has 192 valence electrons. The van der Waals surface area contributed by atoms with Crippen LogP contribution in [0.3, 0.4) is 0 Å². The summed E-state index contributed by atoms with van der Waals surface area (Å²) in [6, 6.07) is 4.07. The highest BCUT2D eigenvalue weighted by Crippen LogP contribution is 2.48. The van der Waals surface area contributed by atoms with E-state index in [1.807, 2.05) is 13.8 Å². The van der Waals surface area contributed by atoms with Crippen molar-refractivity contribution in [1.82, 2.24) is 15.2 Å². The van der Waals surface area contributed by atoms with Crippen LogP contribution in [-0.4, -0.2) is 47.0 Å². The number of carbonyl (C=O) groups is 2. The molecule has 2 aliphatic heterocycles. The molecular weight excluding hydrogens is 478 g/mol. The standard InChI is InChI=1S/C26H27F4N3O3/c1-13(2)20-7-14(5-6-31-20)25(35)33-21-8-15(21)9-22(33)24(34)32-23(16-11-36-12-16)18-4-3-17(10-19(18)27)26(28,29)30/h3-7,10,13,15-16,21-23H,8-9,11-12H2,1-2H3,(H,32,34)/t15-,21-,22-,23?/m1/s1. The molecule has 3 heterocycles. The number of pyridine rings is 1. The third-order valence-corrected chi connectivity index (χ3v) is 7.36. The Morgan fingerprint density at radius 1 is 1.14 bits per heavy atom. The van der Waals surface area contributed by atoms with Gasteiger partial charge in [0.25, 0.3) is 5.91 Å². The van der Waals surface area contributed by atoms with Gasteiger partial charge in [-0.25, -0.2) is 4.39 Å². The number of halogens is 4. The van der Waals surface area contributed by atoms with E-state index in [0.717, 1.165) is 24.2 Å². The van der Waals surface area contributed by atoms with Crippen LogP contribution in [0.25, 0.3) is 0 Å². The molecule has 5 rings (SSSR count). The number of hydrogen-bond acceptors (Lipinski definition) is 4. The molecule has 2 aromatic rings. The summed E-state index contributed by atoms with van der Waals surface area (Å²) in [7, 11) is 0. The molecule has 1 saturated carbocycles. The van der Waals surface area contributed by atoms with E-state index in [0.29, 0.717) is 18.1 Å². The second kappa shape index (κ2) is 9.14. The van der Waals surface area contributed by atoms with E-state index in [4.69, 9.17) is 4.74 Å². The van der Waals surface area contributed by atoms with E-state index in [2.05, 4.69) is 10.3 Å². The summed E-state index contributed by atoms with van der Waals surface area (Å²) in [5.41, 5.74) is 0.110. The molecule has 4 atom stereocenters. The molecule has 1 N–H and O–H groups in total. The molecule has 1 aromatic carbocycles. The predicted molar refractivity (Wildman–Crippen MR) is 121 cm³/mol. The summed E-state index contributed by atoms with van der Waals surface area (Å²) in [6.07, 6.45) is -1.78. The van der Waals surface area contributed by atoms with Gasteiger partial charge in [-0.2, -0.15) is 13.2 Å². The Morgan fingerprint density at radius 2 is 1.89 bits per heavy atom. The molecule has 1 unspecified atom stereocenters. The third-order valence-electron chi connectivity index (χ3n) is 7.36. The Hall–Kier alpha value is -3.01. The molecule has 2 amide bonds. The van der Waals surface area contributed by atoms with Gasteiger partial charge in [-0.1, -0.05) is 19.9 Å². The molecule has 6 nitrogen and oxygen atoms in total. The Labute approximate surface area is 206 Å². The third kappa shape index (κ3) is 4.58. The fraction of sp³-hybridized carbons (Fsp3) is 0.500. The highest BCUT2D eigenvalue weighted by Gasteiger charge is 2.56. The van der Waals surface area contributed by atoms with Crippen LogP contribution in [0.4, 0.5) is 17.6 Å². The SMILES string of the molecule is CC(C)c1cc(C(=O)N2[C@@H](C(=O)NC(c3ccc(C(F)(F)F)cc3F)C3COC3)C[C@H]3C[C@H]32)ccn1.